The van der Waals surface area contributed by atoms with E-state index in [2.05, 4.69) is 32.6 Å². The topological polar surface area (TPSA) is 93.2 Å². The third-order valence-electron chi connectivity index (χ3n) is 8.11. The molecule has 0 amide bonds. The molecule has 2 aromatic rings. The number of benzene rings is 2. The quantitative estimate of drug-likeness (QED) is 0.0735. The van der Waals surface area contributed by atoms with Gasteiger partial charge in [0, 0.05) is 48.5 Å². The van der Waals surface area contributed by atoms with Crippen LogP contribution in [0.4, 0.5) is 0 Å². The maximum absolute atomic E-state index is 14.3. The van der Waals surface area contributed by atoms with Crippen LogP contribution in [0.15, 0.2) is 36.4 Å². The number of hydrogen-bond donors (Lipinski definition) is 0. The highest BCUT2D eigenvalue weighted by molar-refractivity contribution is 7.88. The summed E-state index contributed by atoms with van der Waals surface area (Å²) in [4.78, 5) is 30.0. The standard InChI is InChI=1S/C34H50N2O6S/c1-7-11-20-26-27(41-29(21-12-8-2)36(22-13-9-3)23-14-10-4)24-28-31(30(26)33(37)25-18-16-15-17-19-25)32(34(38)42-28)35(5)43(6,39)40/h15-19,24,29,32H,7-14,20-23H2,1-6H3. The lowest BCUT2D eigenvalue weighted by Gasteiger charge is -2.33. The molecule has 0 N–H and O–H groups in total. The zero-order valence-electron chi connectivity index (χ0n) is 26.9. The molecule has 238 valence electrons. The fourth-order valence-corrected chi connectivity index (χ4v) is 6.09. The van der Waals surface area contributed by atoms with Gasteiger partial charge in [0.05, 0.1) is 6.26 Å². The minimum absolute atomic E-state index is 0.183. The van der Waals surface area contributed by atoms with Crippen molar-refractivity contribution in [3.8, 4) is 11.5 Å². The lowest BCUT2D eigenvalue weighted by Crippen LogP contribution is -2.41. The summed E-state index contributed by atoms with van der Waals surface area (Å²) in [5.74, 6) is -0.291. The van der Waals surface area contributed by atoms with Crippen molar-refractivity contribution in [2.24, 2.45) is 0 Å². The van der Waals surface area contributed by atoms with Crippen LogP contribution in [0.2, 0.25) is 0 Å². The van der Waals surface area contributed by atoms with E-state index in [1.807, 2.05) is 6.07 Å². The fraction of sp³-hybridized carbons (Fsp3) is 0.588. The van der Waals surface area contributed by atoms with Crippen molar-refractivity contribution < 1.29 is 27.5 Å². The molecule has 0 saturated carbocycles. The Morgan fingerprint density at radius 3 is 2.12 bits per heavy atom. The molecule has 0 saturated heterocycles. The van der Waals surface area contributed by atoms with E-state index in [-0.39, 0.29) is 17.8 Å². The van der Waals surface area contributed by atoms with Crippen molar-refractivity contribution in [1.82, 2.24) is 9.21 Å². The summed E-state index contributed by atoms with van der Waals surface area (Å²) in [6.45, 7) is 10.4. The fourth-order valence-electron chi connectivity index (χ4n) is 5.52. The van der Waals surface area contributed by atoms with Crippen LogP contribution in [-0.2, 0) is 21.2 Å². The minimum atomic E-state index is -3.78. The minimum Gasteiger partial charge on any atom is -0.475 e. The molecule has 1 aliphatic heterocycles. The average Bonchev–Trinajstić information content (AvgIpc) is 3.31. The predicted molar refractivity (Wildman–Crippen MR) is 171 cm³/mol. The first-order chi connectivity index (χ1) is 20.6. The maximum Gasteiger partial charge on any atom is 0.334 e. The molecule has 0 spiro atoms. The summed E-state index contributed by atoms with van der Waals surface area (Å²) in [5, 5.41) is 0. The molecule has 1 heterocycles. The van der Waals surface area contributed by atoms with E-state index in [9.17, 15) is 18.0 Å². The molecule has 0 fully saturated rings. The largest absolute Gasteiger partial charge is 0.475 e. The summed E-state index contributed by atoms with van der Waals surface area (Å²) in [6.07, 6.45) is 10.2. The van der Waals surface area contributed by atoms with Gasteiger partial charge in [-0.05, 0) is 38.5 Å². The zero-order valence-corrected chi connectivity index (χ0v) is 27.7. The second kappa shape index (κ2) is 16.4. The number of nitrogens with zero attached hydrogens (tertiary/aromatic N) is 2. The normalized spacial score (nSPS) is 15.5. The Kier molecular flexibility index (Phi) is 13.2. The van der Waals surface area contributed by atoms with Crippen LogP contribution in [0.3, 0.4) is 0 Å². The van der Waals surface area contributed by atoms with Gasteiger partial charge >= 0.3 is 5.97 Å². The van der Waals surface area contributed by atoms with E-state index >= 15 is 0 Å². The number of unbranched alkanes of at least 4 members (excludes halogenated alkanes) is 4. The number of ketones is 1. The van der Waals surface area contributed by atoms with E-state index < -0.39 is 22.0 Å². The van der Waals surface area contributed by atoms with Crippen LogP contribution in [0.5, 0.6) is 11.5 Å². The first kappa shape index (κ1) is 34.7. The van der Waals surface area contributed by atoms with Crippen molar-refractivity contribution in [1.29, 1.82) is 0 Å². The number of hydrogen-bond acceptors (Lipinski definition) is 7. The molecule has 9 heteroatoms. The lowest BCUT2D eigenvalue weighted by atomic mass is 9.87. The van der Waals surface area contributed by atoms with Gasteiger partial charge in [-0.2, -0.15) is 4.31 Å². The van der Waals surface area contributed by atoms with Crippen molar-refractivity contribution in [2.45, 2.75) is 104 Å². The Balaban J connectivity index is 2.28. The van der Waals surface area contributed by atoms with Gasteiger partial charge in [0.15, 0.2) is 18.1 Å². The van der Waals surface area contributed by atoms with Gasteiger partial charge in [0.2, 0.25) is 10.0 Å². The highest BCUT2D eigenvalue weighted by atomic mass is 32.2. The second-order valence-corrected chi connectivity index (χ2v) is 13.5. The van der Waals surface area contributed by atoms with Crippen LogP contribution >= 0.6 is 0 Å². The number of likely N-dealkylation sites (N-methyl/N-ethyl adjacent to an activating group) is 1. The number of esters is 1. The first-order valence-electron chi connectivity index (χ1n) is 15.9. The molecule has 0 bridgehead atoms. The van der Waals surface area contributed by atoms with Gasteiger partial charge in [0.25, 0.3) is 0 Å². The van der Waals surface area contributed by atoms with E-state index in [1.165, 1.54) is 7.05 Å². The zero-order chi connectivity index (χ0) is 31.6. The first-order valence-corrected chi connectivity index (χ1v) is 17.8. The molecule has 1 aliphatic rings. The third-order valence-corrected chi connectivity index (χ3v) is 9.36. The van der Waals surface area contributed by atoms with Gasteiger partial charge in [-0.15, -0.1) is 0 Å². The molecular weight excluding hydrogens is 564 g/mol. The number of sulfonamides is 1. The Morgan fingerprint density at radius 1 is 0.953 bits per heavy atom. The van der Waals surface area contributed by atoms with Crippen molar-refractivity contribution in [3.05, 3.63) is 58.7 Å². The predicted octanol–water partition coefficient (Wildman–Crippen LogP) is 6.91. The monoisotopic (exact) mass is 614 g/mol. The third kappa shape index (κ3) is 8.67. The number of carbonyl (C=O) groups is 2. The van der Waals surface area contributed by atoms with E-state index in [1.54, 1.807) is 30.3 Å². The van der Waals surface area contributed by atoms with Crippen LogP contribution < -0.4 is 9.47 Å². The molecule has 0 aromatic heterocycles. The van der Waals surface area contributed by atoms with E-state index in [0.29, 0.717) is 34.4 Å². The Morgan fingerprint density at radius 2 is 1.56 bits per heavy atom. The number of carbonyl (C=O) groups excluding carboxylic acids is 2. The summed E-state index contributed by atoms with van der Waals surface area (Å²) >= 11 is 0. The Hall–Kier alpha value is -2.75. The number of fused-ring (bicyclic) bond motifs is 1. The summed E-state index contributed by atoms with van der Waals surface area (Å²) < 4.78 is 38.9. The molecule has 0 aliphatic carbocycles. The van der Waals surface area contributed by atoms with Gasteiger partial charge < -0.3 is 9.47 Å². The van der Waals surface area contributed by atoms with Crippen molar-refractivity contribution >= 4 is 21.8 Å². The molecule has 2 aromatic carbocycles. The highest BCUT2D eigenvalue weighted by Crippen LogP contribution is 2.46. The van der Waals surface area contributed by atoms with Crippen molar-refractivity contribution in [3.63, 3.8) is 0 Å². The molecule has 2 atom stereocenters. The molecule has 0 radical (unpaired) electrons. The second-order valence-electron chi connectivity index (χ2n) is 11.5. The van der Waals surface area contributed by atoms with Gasteiger partial charge in [-0.3, -0.25) is 9.69 Å². The van der Waals surface area contributed by atoms with Gasteiger partial charge in [-0.1, -0.05) is 83.7 Å². The number of rotatable bonds is 19. The Bertz CT molecular complexity index is 1320. The number of ether oxygens (including phenoxy) is 2. The van der Waals surface area contributed by atoms with Gasteiger partial charge in [0.1, 0.15) is 11.5 Å². The van der Waals surface area contributed by atoms with Gasteiger partial charge in [-0.25, -0.2) is 13.2 Å². The summed E-state index contributed by atoms with van der Waals surface area (Å²) in [6, 6.07) is 9.35. The summed E-state index contributed by atoms with van der Waals surface area (Å²) in [5.41, 5.74) is 1.76. The Labute approximate surface area is 258 Å². The van der Waals surface area contributed by atoms with Crippen LogP contribution in [-0.4, -0.2) is 62.0 Å². The molecule has 43 heavy (non-hydrogen) atoms. The van der Waals surface area contributed by atoms with E-state index in [0.717, 1.165) is 81.4 Å². The molecule has 3 rings (SSSR count). The lowest BCUT2D eigenvalue weighted by molar-refractivity contribution is -0.136. The van der Waals surface area contributed by atoms with Crippen LogP contribution in [0.25, 0.3) is 0 Å². The average molecular weight is 615 g/mol. The maximum atomic E-state index is 14.3. The SMILES string of the molecule is CCCCc1c(OC(CCCC)N(CCCC)CCCC)cc2c(c1C(=O)c1ccccc1)C(N(C)S(C)(=O)=O)C(=O)O2. The summed E-state index contributed by atoms with van der Waals surface area (Å²) in [7, 11) is -2.43. The van der Waals surface area contributed by atoms with Crippen LogP contribution in [0, 0.1) is 0 Å². The van der Waals surface area contributed by atoms with Crippen LogP contribution in [0.1, 0.15) is 119 Å². The van der Waals surface area contributed by atoms with Crippen molar-refractivity contribution in [2.75, 3.05) is 26.4 Å². The highest BCUT2D eigenvalue weighted by Gasteiger charge is 2.44. The molecule has 8 nitrogen and oxygen atoms in total. The smallest absolute Gasteiger partial charge is 0.334 e. The molecule has 2 unspecified atom stereocenters. The van der Waals surface area contributed by atoms with E-state index in [4.69, 9.17) is 9.47 Å². The molecular formula is C34H50N2O6S.